The topological polar surface area (TPSA) is 168 Å². The number of methoxy groups -OCH3 is 1. The van der Waals surface area contributed by atoms with Crippen LogP contribution in [0, 0.1) is 0 Å². The number of hydrogen-bond acceptors (Lipinski definition) is 14. The number of rotatable bonds is 15. The third-order valence-corrected chi connectivity index (χ3v) is 7.22. The molecular formula is C21H35O14P. The van der Waals surface area contributed by atoms with Crippen LogP contribution in [0.5, 0.6) is 0 Å². The van der Waals surface area contributed by atoms with Crippen LogP contribution < -0.4 is 0 Å². The lowest BCUT2D eigenvalue weighted by Gasteiger charge is -2.38. The van der Waals surface area contributed by atoms with Gasteiger partial charge >= 0.3 is 31.5 Å². The van der Waals surface area contributed by atoms with E-state index in [1.807, 2.05) is 0 Å². The molecule has 1 heterocycles. The van der Waals surface area contributed by atoms with E-state index in [-0.39, 0.29) is 13.2 Å². The van der Waals surface area contributed by atoms with Gasteiger partial charge in [0, 0.05) is 34.8 Å². The van der Waals surface area contributed by atoms with Crippen molar-refractivity contribution in [2.24, 2.45) is 0 Å². The van der Waals surface area contributed by atoms with Gasteiger partial charge in [0.15, 0.2) is 6.10 Å². The molecule has 0 aromatic carbocycles. The third-order valence-electron chi connectivity index (χ3n) is 4.64. The first kappa shape index (κ1) is 31.9. The summed E-state index contributed by atoms with van der Waals surface area (Å²) in [7, 11) is -2.87. The summed E-state index contributed by atoms with van der Waals surface area (Å²) in [6.07, 6.45) is -5.21. The molecule has 1 saturated heterocycles. The van der Waals surface area contributed by atoms with Crippen molar-refractivity contribution in [3.05, 3.63) is 0 Å². The van der Waals surface area contributed by atoms with Gasteiger partial charge in [-0.3, -0.25) is 23.7 Å². The number of carbonyl (C=O) groups excluding carboxylic acids is 4. The summed E-state index contributed by atoms with van der Waals surface area (Å²) >= 11 is 0. The first-order chi connectivity index (χ1) is 16.8. The summed E-state index contributed by atoms with van der Waals surface area (Å²) in [4.78, 5) is 46.6. The van der Waals surface area contributed by atoms with Crippen molar-refractivity contribution in [2.45, 2.75) is 71.5 Å². The minimum atomic E-state index is -4.17. The maximum atomic E-state index is 13.8. The maximum absolute atomic E-state index is 13.8. The Labute approximate surface area is 209 Å². The molecule has 1 rings (SSSR count). The van der Waals surface area contributed by atoms with Crippen LogP contribution in [0.15, 0.2) is 0 Å². The lowest BCUT2D eigenvalue weighted by molar-refractivity contribution is -0.199. The minimum Gasteiger partial charge on any atom is -0.462 e. The fourth-order valence-corrected chi connectivity index (χ4v) is 5.35. The van der Waals surface area contributed by atoms with E-state index in [1.165, 1.54) is 7.11 Å². The number of carbonyl (C=O) groups is 4. The molecule has 1 fully saturated rings. The van der Waals surface area contributed by atoms with E-state index in [0.717, 1.165) is 27.7 Å². The average molecular weight is 542 g/mol. The molecule has 0 N–H and O–H groups in total. The van der Waals surface area contributed by atoms with Crippen molar-refractivity contribution in [3.8, 4) is 0 Å². The number of hydrogen-bond donors (Lipinski definition) is 0. The predicted octanol–water partition coefficient (Wildman–Crippen LogP) is 1.33. The van der Waals surface area contributed by atoms with E-state index < -0.39 is 81.2 Å². The Morgan fingerprint density at radius 2 is 1.33 bits per heavy atom. The maximum Gasteiger partial charge on any atom is 0.368 e. The SMILES string of the molecule is CCOP(=O)(OCC)C(COC)(COC(C)=O)OC[C@H]1O[C@@H](OC(C)=O)[C@H](OC(C)=O)[C@@H]1OC(C)=O. The van der Waals surface area contributed by atoms with E-state index in [1.54, 1.807) is 13.8 Å². The van der Waals surface area contributed by atoms with Gasteiger partial charge in [0.25, 0.3) is 0 Å². The summed E-state index contributed by atoms with van der Waals surface area (Å²) in [5.41, 5.74) is 0. The van der Waals surface area contributed by atoms with Gasteiger partial charge in [0.2, 0.25) is 17.7 Å². The largest absolute Gasteiger partial charge is 0.462 e. The fourth-order valence-electron chi connectivity index (χ4n) is 3.39. The molecule has 0 aromatic heterocycles. The summed E-state index contributed by atoms with van der Waals surface area (Å²) < 4.78 is 62.3. The number of esters is 4. The quantitative estimate of drug-likeness (QED) is 0.165. The van der Waals surface area contributed by atoms with Crippen LogP contribution in [0.1, 0.15) is 41.5 Å². The van der Waals surface area contributed by atoms with Gasteiger partial charge in [-0.1, -0.05) is 0 Å². The molecule has 14 nitrogen and oxygen atoms in total. The molecule has 0 bridgehead atoms. The number of ether oxygens (including phenoxy) is 7. The van der Waals surface area contributed by atoms with Gasteiger partial charge in [-0.15, -0.1) is 0 Å². The monoisotopic (exact) mass is 542 g/mol. The summed E-state index contributed by atoms with van der Waals surface area (Å²) in [5, 5.41) is -1.96. The molecule has 208 valence electrons. The average Bonchev–Trinajstić information content (AvgIpc) is 3.04. The molecule has 1 aliphatic heterocycles. The van der Waals surface area contributed by atoms with Crippen molar-refractivity contribution in [2.75, 3.05) is 40.1 Å². The molecule has 0 radical (unpaired) electrons. The first-order valence-corrected chi connectivity index (χ1v) is 12.7. The van der Waals surface area contributed by atoms with E-state index in [4.69, 9.17) is 42.2 Å². The Morgan fingerprint density at radius 1 is 0.806 bits per heavy atom. The molecule has 0 amide bonds. The summed E-state index contributed by atoms with van der Waals surface area (Å²) in [5.74, 6) is -2.94. The molecule has 15 heteroatoms. The molecule has 0 spiro atoms. The van der Waals surface area contributed by atoms with Crippen molar-refractivity contribution in [1.29, 1.82) is 0 Å². The molecule has 0 saturated carbocycles. The highest BCUT2D eigenvalue weighted by Crippen LogP contribution is 2.61. The highest BCUT2D eigenvalue weighted by molar-refractivity contribution is 7.55. The van der Waals surface area contributed by atoms with Crippen LogP contribution in [-0.4, -0.2) is 94.0 Å². The Bertz CT molecular complexity index is 806. The predicted molar refractivity (Wildman–Crippen MR) is 120 cm³/mol. The second-order valence-electron chi connectivity index (χ2n) is 7.60. The zero-order valence-corrected chi connectivity index (χ0v) is 22.4. The molecule has 5 atom stereocenters. The van der Waals surface area contributed by atoms with E-state index in [2.05, 4.69) is 0 Å². The van der Waals surface area contributed by atoms with Crippen LogP contribution in [0.4, 0.5) is 0 Å². The Kier molecular flexibility index (Phi) is 13.0. The van der Waals surface area contributed by atoms with Gasteiger partial charge in [0.05, 0.1) is 26.4 Å². The van der Waals surface area contributed by atoms with Crippen LogP contribution >= 0.6 is 7.60 Å². The van der Waals surface area contributed by atoms with E-state index >= 15 is 0 Å². The lowest BCUT2D eigenvalue weighted by atomic mass is 10.1. The highest BCUT2D eigenvalue weighted by atomic mass is 31.2. The lowest BCUT2D eigenvalue weighted by Crippen LogP contribution is -2.47. The minimum absolute atomic E-state index is 0.0365. The molecule has 1 aliphatic rings. The van der Waals surface area contributed by atoms with E-state index in [9.17, 15) is 23.7 Å². The van der Waals surface area contributed by atoms with E-state index in [0.29, 0.717) is 0 Å². The van der Waals surface area contributed by atoms with Crippen molar-refractivity contribution < 1.29 is 65.9 Å². The molecular weight excluding hydrogens is 507 g/mol. The smallest absolute Gasteiger partial charge is 0.368 e. The molecule has 1 unspecified atom stereocenters. The van der Waals surface area contributed by atoms with Gasteiger partial charge in [0.1, 0.15) is 12.7 Å². The molecule has 0 aromatic rings. The second kappa shape index (κ2) is 14.6. The van der Waals surface area contributed by atoms with Crippen LogP contribution in [0.3, 0.4) is 0 Å². The van der Waals surface area contributed by atoms with Crippen LogP contribution in [-0.2, 0) is 65.9 Å². The normalized spacial score (nSPS) is 23.4. The highest BCUT2D eigenvalue weighted by Gasteiger charge is 2.57. The Hall–Kier alpha value is -2.09. The van der Waals surface area contributed by atoms with Gasteiger partial charge < -0.3 is 42.2 Å². The third kappa shape index (κ3) is 8.79. The van der Waals surface area contributed by atoms with Crippen LogP contribution in [0.2, 0.25) is 0 Å². The van der Waals surface area contributed by atoms with Gasteiger partial charge in [-0.25, -0.2) is 0 Å². The van der Waals surface area contributed by atoms with Crippen molar-refractivity contribution in [3.63, 3.8) is 0 Å². The molecule has 36 heavy (non-hydrogen) atoms. The van der Waals surface area contributed by atoms with Crippen molar-refractivity contribution in [1.82, 2.24) is 0 Å². The van der Waals surface area contributed by atoms with Crippen molar-refractivity contribution >= 4 is 31.5 Å². The second-order valence-corrected chi connectivity index (χ2v) is 9.93. The van der Waals surface area contributed by atoms with Gasteiger partial charge in [-0.2, -0.15) is 0 Å². The van der Waals surface area contributed by atoms with Crippen LogP contribution in [0.25, 0.3) is 0 Å². The Morgan fingerprint density at radius 3 is 1.78 bits per heavy atom. The first-order valence-electron chi connectivity index (χ1n) is 11.2. The summed E-state index contributed by atoms with van der Waals surface area (Å²) in [6, 6.07) is 0. The fraction of sp³-hybridized carbons (Fsp3) is 0.810. The zero-order valence-electron chi connectivity index (χ0n) is 21.5. The molecule has 0 aliphatic carbocycles. The standard InChI is InChI=1S/C21H35O14P/c1-8-30-36(26,31-9-2)21(11-27-7,12-28-13(3)22)29-10-17-18(32-14(4)23)19(33-15(5)24)20(35-17)34-16(6)25/h17-20H,8-12H2,1-7H3/t17-,18-,19-,20-,21?/m1/s1. The zero-order chi connectivity index (χ0) is 27.5. The summed E-state index contributed by atoms with van der Waals surface area (Å²) in [6.45, 7) is 6.12. The Balaban J connectivity index is 3.41. The van der Waals surface area contributed by atoms with Gasteiger partial charge in [-0.05, 0) is 13.8 Å².